The molecule has 0 radical (unpaired) electrons. The van der Waals surface area contributed by atoms with Crippen LogP contribution >= 0.6 is 0 Å². The topological polar surface area (TPSA) is 55.8 Å². The van der Waals surface area contributed by atoms with Gasteiger partial charge in [-0.1, -0.05) is 20.8 Å². The van der Waals surface area contributed by atoms with E-state index in [-0.39, 0.29) is 38.7 Å². The lowest BCUT2D eigenvalue weighted by molar-refractivity contribution is -0.373. The summed E-state index contributed by atoms with van der Waals surface area (Å²) >= 11 is 0. The summed E-state index contributed by atoms with van der Waals surface area (Å²) in [6, 6.07) is 4.85. The van der Waals surface area contributed by atoms with Gasteiger partial charge < -0.3 is 14.6 Å². The van der Waals surface area contributed by atoms with Gasteiger partial charge >= 0.3 is 12.4 Å². The van der Waals surface area contributed by atoms with Crippen LogP contribution in [0.5, 0.6) is 5.75 Å². The number of hydrogen-bond acceptors (Lipinski definition) is 4. The molecule has 1 atom stereocenters. The average Bonchev–Trinajstić information content (AvgIpc) is 2.64. The Hall–Kier alpha value is -1.46. The van der Waals surface area contributed by atoms with Crippen molar-refractivity contribution in [2.24, 2.45) is 5.41 Å². The van der Waals surface area contributed by atoms with E-state index in [1.54, 1.807) is 0 Å². The predicted molar refractivity (Wildman–Crippen MR) is 104 cm³/mol. The molecule has 4 nitrogen and oxygen atoms in total. The molecule has 1 saturated heterocycles. The summed E-state index contributed by atoms with van der Waals surface area (Å²) in [5.74, 6) is 1.03. The Morgan fingerprint density at radius 3 is 1.94 bits per heavy atom. The molecular weight excluding hydrogens is 450 g/mol. The molecule has 1 heterocycles. The maximum absolute atomic E-state index is 13.2. The zero-order chi connectivity index (χ0) is 23.7. The first-order valence-corrected chi connectivity index (χ1v) is 11.1. The SMILES string of the molecule is CC(C)(C)C(C(=O)c1ccc(OCC(O)(C(F)(F)F)C(F)(F)F)cc1)[S+]1CCOCC1. The summed E-state index contributed by atoms with van der Waals surface area (Å²) < 4.78 is 86.4. The van der Waals surface area contributed by atoms with E-state index in [0.29, 0.717) is 13.2 Å². The van der Waals surface area contributed by atoms with Gasteiger partial charge in [-0.2, -0.15) is 26.3 Å². The van der Waals surface area contributed by atoms with Gasteiger partial charge in [-0.25, -0.2) is 0 Å². The van der Waals surface area contributed by atoms with E-state index in [1.165, 1.54) is 12.1 Å². The molecule has 1 fully saturated rings. The lowest BCUT2D eigenvalue weighted by atomic mass is 9.87. The molecule has 0 amide bonds. The van der Waals surface area contributed by atoms with E-state index in [9.17, 15) is 31.1 Å². The van der Waals surface area contributed by atoms with E-state index < -0.39 is 24.6 Å². The van der Waals surface area contributed by atoms with Crippen LogP contribution in [0.3, 0.4) is 0 Å². The van der Waals surface area contributed by atoms with Gasteiger partial charge in [-0.3, -0.25) is 4.79 Å². The zero-order valence-corrected chi connectivity index (χ0v) is 18.1. The van der Waals surface area contributed by atoms with Gasteiger partial charge in [0.2, 0.25) is 5.78 Å². The van der Waals surface area contributed by atoms with Gasteiger partial charge in [0, 0.05) is 21.9 Å². The standard InChI is InChI=1S/C20H25F6O4S/c1-17(2,3)16(31-10-8-29-9-11-31)15(27)13-4-6-14(7-5-13)30-12-18(28,19(21,22)23)20(24,25)26/h4-7,16,28H,8-12H2,1-3H3/q+1. The van der Waals surface area contributed by atoms with E-state index in [4.69, 9.17) is 9.84 Å². The molecule has 0 saturated carbocycles. The number of carbonyl (C=O) groups excluding carboxylic acids is 1. The Morgan fingerprint density at radius 1 is 1.03 bits per heavy atom. The number of aliphatic hydroxyl groups is 1. The van der Waals surface area contributed by atoms with Gasteiger partial charge in [-0.15, -0.1) is 0 Å². The number of ketones is 1. The molecular formula is C20H25F6O4S+. The summed E-state index contributed by atoms with van der Waals surface area (Å²) in [6.07, 6.45) is -11.9. The van der Waals surface area contributed by atoms with E-state index >= 15 is 0 Å². The van der Waals surface area contributed by atoms with Crippen LogP contribution in [0.15, 0.2) is 24.3 Å². The van der Waals surface area contributed by atoms with E-state index in [0.717, 1.165) is 23.6 Å². The predicted octanol–water partition coefficient (Wildman–Crippen LogP) is 4.17. The Morgan fingerprint density at radius 2 is 1.52 bits per heavy atom. The molecule has 0 bridgehead atoms. The summed E-state index contributed by atoms with van der Waals surface area (Å²) in [6.45, 7) is 4.93. The molecule has 0 aromatic heterocycles. The van der Waals surface area contributed by atoms with Gasteiger partial charge in [-0.05, 0) is 24.3 Å². The quantitative estimate of drug-likeness (QED) is 0.381. The number of hydrogen-bond donors (Lipinski definition) is 1. The number of carbonyl (C=O) groups is 1. The van der Waals surface area contributed by atoms with Crippen molar-refractivity contribution >= 4 is 16.7 Å². The number of ether oxygens (including phenoxy) is 2. The summed E-state index contributed by atoms with van der Waals surface area (Å²) in [4.78, 5) is 13.2. The molecule has 0 spiro atoms. The van der Waals surface area contributed by atoms with Crippen LogP contribution in [-0.2, 0) is 15.6 Å². The first-order valence-electron chi connectivity index (χ1n) is 9.45. The Bertz CT molecular complexity index is 735. The molecule has 1 unspecified atom stereocenters. The Kier molecular flexibility index (Phi) is 7.65. The van der Waals surface area contributed by atoms with Crippen LogP contribution in [0, 0.1) is 5.41 Å². The van der Waals surface area contributed by atoms with Gasteiger partial charge in [0.1, 0.15) is 23.9 Å². The first-order chi connectivity index (χ1) is 14.1. The second-order valence-electron chi connectivity index (χ2n) is 8.34. The fourth-order valence-corrected chi connectivity index (χ4v) is 5.97. The Labute approximate surface area is 179 Å². The summed E-state index contributed by atoms with van der Waals surface area (Å²) in [5.41, 5.74) is -5.06. The van der Waals surface area contributed by atoms with Gasteiger partial charge in [0.05, 0.1) is 13.2 Å². The summed E-state index contributed by atoms with van der Waals surface area (Å²) in [7, 11) is -0.212. The van der Waals surface area contributed by atoms with E-state index in [2.05, 4.69) is 4.74 Å². The largest absolute Gasteiger partial charge is 0.490 e. The smallest absolute Gasteiger partial charge is 0.429 e. The fraction of sp³-hybridized carbons (Fsp3) is 0.650. The molecule has 176 valence electrons. The lowest BCUT2D eigenvalue weighted by Gasteiger charge is -2.32. The van der Waals surface area contributed by atoms with Crippen LogP contribution < -0.4 is 4.74 Å². The van der Waals surface area contributed by atoms with Crippen molar-refractivity contribution in [1.82, 2.24) is 0 Å². The number of benzene rings is 1. The van der Waals surface area contributed by atoms with Crippen molar-refractivity contribution in [3.05, 3.63) is 29.8 Å². The highest BCUT2D eigenvalue weighted by Gasteiger charge is 2.71. The fourth-order valence-electron chi connectivity index (χ4n) is 3.20. The lowest BCUT2D eigenvalue weighted by Crippen LogP contribution is -2.60. The van der Waals surface area contributed by atoms with Crippen molar-refractivity contribution in [3.63, 3.8) is 0 Å². The maximum atomic E-state index is 13.2. The van der Waals surface area contributed by atoms with Crippen LogP contribution in [0.2, 0.25) is 0 Å². The number of alkyl halides is 6. The average molecular weight is 475 g/mol. The normalized spacial score (nSPS) is 18.0. The second-order valence-corrected chi connectivity index (χ2v) is 10.7. The van der Waals surface area contributed by atoms with Crippen molar-refractivity contribution in [3.8, 4) is 5.75 Å². The van der Waals surface area contributed by atoms with Crippen molar-refractivity contribution in [2.45, 2.75) is 44.0 Å². The molecule has 11 heteroatoms. The molecule has 1 aliphatic rings. The highest BCUT2D eigenvalue weighted by molar-refractivity contribution is 7.98. The third-order valence-electron chi connectivity index (χ3n) is 4.86. The monoisotopic (exact) mass is 475 g/mol. The van der Waals surface area contributed by atoms with Crippen LogP contribution in [0.4, 0.5) is 26.3 Å². The van der Waals surface area contributed by atoms with Gasteiger partial charge in [0.15, 0.2) is 5.25 Å². The molecule has 1 aromatic rings. The number of rotatable bonds is 6. The molecule has 1 N–H and O–H groups in total. The van der Waals surface area contributed by atoms with Crippen molar-refractivity contribution < 1.29 is 45.7 Å². The highest BCUT2D eigenvalue weighted by Crippen LogP contribution is 2.43. The zero-order valence-electron chi connectivity index (χ0n) is 17.3. The van der Waals surface area contributed by atoms with Crippen molar-refractivity contribution in [2.75, 3.05) is 31.3 Å². The minimum atomic E-state index is -5.97. The number of halogens is 6. The molecule has 2 rings (SSSR count). The highest BCUT2D eigenvalue weighted by atomic mass is 32.2. The third kappa shape index (κ3) is 5.87. The van der Waals surface area contributed by atoms with E-state index in [1.807, 2.05) is 20.8 Å². The molecule has 31 heavy (non-hydrogen) atoms. The van der Waals surface area contributed by atoms with Crippen LogP contribution in [-0.4, -0.2) is 65.4 Å². The summed E-state index contributed by atoms with van der Waals surface area (Å²) in [5, 5.41) is 8.85. The van der Waals surface area contributed by atoms with Crippen LogP contribution in [0.1, 0.15) is 31.1 Å². The minimum absolute atomic E-state index is 0.147. The van der Waals surface area contributed by atoms with Crippen LogP contribution in [0.25, 0.3) is 0 Å². The third-order valence-corrected chi connectivity index (χ3v) is 7.83. The van der Waals surface area contributed by atoms with Gasteiger partial charge in [0.25, 0.3) is 5.60 Å². The maximum Gasteiger partial charge on any atom is 0.429 e. The number of Topliss-reactive ketones (excluding diaryl/α,β-unsaturated/α-hetero) is 1. The minimum Gasteiger partial charge on any atom is -0.490 e. The molecule has 0 aliphatic carbocycles. The second kappa shape index (κ2) is 9.19. The molecule has 1 aliphatic heterocycles. The first kappa shape index (κ1) is 25.8. The Balaban J connectivity index is 2.17. The molecule has 1 aromatic carbocycles. The van der Waals surface area contributed by atoms with Crippen molar-refractivity contribution in [1.29, 1.82) is 0 Å².